The number of benzene rings is 2. The summed E-state index contributed by atoms with van der Waals surface area (Å²) in [5.41, 5.74) is 8.63. The molecule has 4 rings (SSSR count). The molecule has 1 atom stereocenters. The highest BCUT2D eigenvalue weighted by molar-refractivity contribution is 6.04. The van der Waals surface area contributed by atoms with Crippen LogP contribution in [0, 0.1) is 5.82 Å². The van der Waals surface area contributed by atoms with Crippen molar-refractivity contribution < 1.29 is 14.0 Å². The van der Waals surface area contributed by atoms with Crippen LogP contribution in [0.4, 0.5) is 10.1 Å². The molecule has 31 heavy (non-hydrogen) atoms. The van der Waals surface area contributed by atoms with Gasteiger partial charge in [0.2, 0.25) is 5.91 Å². The fourth-order valence-electron chi connectivity index (χ4n) is 3.54. The van der Waals surface area contributed by atoms with Crippen molar-refractivity contribution in [3.8, 4) is 0 Å². The van der Waals surface area contributed by atoms with Gasteiger partial charge in [-0.1, -0.05) is 24.3 Å². The van der Waals surface area contributed by atoms with Crippen molar-refractivity contribution in [1.29, 1.82) is 0 Å². The summed E-state index contributed by atoms with van der Waals surface area (Å²) in [4.78, 5) is 28.8. The van der Waals surface area contributed by atoms with Crippen molar-refractivity contribution in [2.75, 3.05) is 5.32 Å². The van der Waals surface area contributed by atoms with Gasteiger partial charge >= 0.3 is 0 Å². The summed E-state index contributed by atoms with van der Waals surface area (Å²) in [6, 6.07) is 16.0. The smallest absolute Gasteiger partial charge is 0.255 e. The molecule has 0 saturated heterocycles. The first-order chi connectivity index (χ1) is 14.9. The minimum absolute atomic E-state index is 0.117. The lowest BCUT2D eigenvalue weighted by atomic mass is 10.0. The molecule has 3 aromatic rings. The second-order valence-electron chi connectivity index (χ2n) is 7.76. The van der Waals surface area contributed by atoms with E-state index in [1.807, 2.05) is 0 Å². The predicted octanol–water partition coefficient (Wildman–Crippen LogP) is 3.67. The number of amides is 2. The van der Waals surface area contributed by atoms with E-state index in [1.165, 1.54) is 12.1 Å². The van der Waals surface area contributed by atoms with Crippen LogP contribution in [-0.4, -0.2) is 16.8 Å². The molecule has 6 nitrogen and oxygen atoms in total. The average molecular weight is 418 g/mol. The Balaban J connectivity index is 1.34. The third-order valence-electron chi connectivity index (χ3n) is 5.47. The van der Waals surface area contributed by atoms with Gasteiger partial charge in [-0.05, 0) is 60.4 Å². The van der Waals surface area contributed by atoms with Crippen LogP contribution in [0.15, 0.2) is 73.1 Å². The topological polar surface area (TPSA) is 97.1 Å². The number of anilines is 1. The van der Waals surface area contributed by atoms with E-state index in [0.29, 0.717) is 11.3 Å². The van der Waals surface area contributed by atoms with E-state index in [0.717, 1.165) is 24.0 Å². The molecule has 7 heteroatoms. The third kappa shape index (κ3) is 4.95. The fourth-order valence-corrected chi connectivity index (χ4v) is 3.54. The first-order valence-electron chi connectivity index (χ1n) is 10.1. The van der Waals surface area contributed by atoms with Crippen molar-refractivity contribution >= 4 is 17.5 Å². The maximum Gasteiger partial charge on any atom is 0.255 e. The maximum absolute atomic E-state index is 13.2. The summed E-state index contributed by atoms with van der Waals surface area (Å²) in [7, 11) is 0. The lowest BCUT2D eigenvalue weighted by Gasteiger charge is -2.20. The standard InChI is InChI=1S/C24H23FN4O2/c25-19-7-5-18(6-8-19)24(11-12-24)29-22(30)15-21(26)16-1-3-17(4-2-16)23(31)28-20-9-13-27-14-10-20/h1-10,13-14,21H,11-12,15,26H2,(H,29,30)(H,27,28,31). The van der Waals surface area contributed by atoms with Gasteiger partial charge in [0.15, 0.2) is 0 Å². The van der Waals surface area contributed by atoms with Crippen LogP contribution < -0.4 is 16.4 Å². The number of halogens is 1. The van der Waals surface area contributed by atoms with E-state index in [-0.39, 0.29) is 24.1 Å². The molecule has 158 valence electrons. The molecule has 1 heterocycles. The number of rotatable bonds is 7. The second-order valence-corrected chi connectivity index (χ2v) is 7.76. The van der Waals surface area contributed by atoms with Crippen molar-refractivity contribution in [2.24, 2.45) is 5.73 Å². The van der Waals surface area contributed by atoms with Crippen LogP contribution >= 0.6 is 0 Å². The summed E-state index contributed by atoms with van der Waals surface area (Å²) in [5, 5.41) is 5.84. The average Bonchev–Trinajstić information content (AvgIpc) is 3.55. The number of nitrogens with two attached hydrogens (primary N) is 1. The van der Waals surface area contributed by atoms with Crippen LogP contribution in [0.25, 0.3) is 0 Å². The van der Waals surface area contributed by atoms with Gasteiger partial charge < -0.3 is 16.4 Å². The lowest BCUT2D eigenvalue weighted by molar-refractivity contribution is -0.122. The van der Waals surface area contributed by atoms with Crippen LogP contribution in [0.3, 0.4) is 0 Å². The Morgan fingerprint density at radius 1 is 1.00 bits per heavy atom. The van der Waals surface area contributed by atoms with Gasteiger partial charge in [0.1, 0.15) is 5.82 Å². The lowest BCUT2D eigenvalue weighted by Crippen LogP contribution is -2.36. The molecule has 4 N–H and O–H groups in total. The molecular formula is C24H23FN4O2. The monoisotopic (exact) mass is 418 g/mol. The summed E-state index contributed by atoms with van der Waals surface area (Å²) in [5.74, 6) is -0.696. The van der Waals surface area contributed by atoms with E-state index in [2.05, 4.69) is 15.6 Å². The minimum atomic E-state index is -0.499. The number of carbonyl (C=O) groups is 2. The summed E-state index contributed by atoms with van der Waals surface area (Å²) in [6.45, 7) is 0. The van der Waals surface area contributed by atoms with Crippen LogP contribution in [0.1, 0.15) is 46.8 Å². The zero-order valence-corrected chi connectivity index (χ0v) is 16.8. The molecule has 0 radical (unpaired) electrons. The number of hydrogen-bond donors (Lipinski definition) is 3. The molecule has 2 amide bonds. The molecule has 1 aromatic heterocycles. The van der Waals surface area contributed by atoms with E-state index >= 15 is 0 Å². The third-order valence-corrected chi connectivity index (χ3v) is 5.47. The van der Waals surface area contributed by atoms with Crippen molar-refractivity contribution in [3.63, 3.8) is 0 Å². The van der Waals surface area contributed by atoms with E-state index in [4.69, 9.17) is 5.73 Å². The first kappa shape index (κ1) is 20.7. The summed E-state index contributed by atoms with van der Waals surface area (Å²) >= 11 is 0. The number of nitrogens with one attached hydrogen (secondary N) is 2. The van der Waals surface area contributed by atoms with Crippen LogP contribution in [-0.2, 0) is 10.3 Å². The molecule has 0 spiro atoms. The SMILES string of the molecule is NC(CC(=O)NC1(c2ccc(F)cc2)CC1)c1ccc(C(=O)Nc2ccncc2)cc1. The molecule has 0 bridgehead atoms. The molecule has 1 aliphatic rings. The van der Waals surface area contributed by atoms with Gasteiger partial charge in [-0.25, -0.2) is 4.39 Å². The van der Waals surface area contributed by atoms with Gasteiger partial charge in [0, 0.05) is 36.1 Å². The number of pyridine rings is 1. The molecule has 1 aliphatic carbocycles. The minimum Gasteiger partial charge on any atom is -0.347 e. The Morgan fingerprint density at radius 2 is 1.65 bits per heavy atom. The molecule has 0 aliphatic heterocycles. The van der Waals surface area contributed by atoms with Crippen molar-refractivity contribution in [1.82, 2.24) is 10.3 Å². The van der Waals surface area contributed by atoms with Gasteiger partial charge in [-0.3, -0.25) is 14.6 Å². The maximum atomic E-state index is 13.2. The summed E-state index contributed by atoms with van der Waals surface area (Å²) < 4.78 is 13.2. The Kier molecular flexibility index (Phi) is 5.77. The molecule has 1 fully saturated rings. The normalized spacial score (nSPS) is 15.0. The van der Waals surface area contributed by atoms with Crippen LogP contribution in [0.2, 0.25) is 0 Å². The zero-order valence-electron chi connectivity index (χ0n) is 16.8. The van der Waals surface area contributed by atoms with Crippen molar-refractivity contribution in [3.05, 3.63) is 95.6 Å². The molecule has 1 unspecified atom stereocenters. The Labute approximate surface area is 179 Å². The van der Waals surface area contributed by atoms with Gasteiger partial charge in [0.05, 0.1) is 5.54 Å². The highest BCUT2D eigenvalue weighted by Crippen LogP contribution is 2.45. The largest absolute Gasteiger partial charge is 0.347 e. The van der Waals surface area contributed by atoms with Crippen LogP contribution in [0.5, 0.6) is 0 Å². The highest BCUT2D eigenvalue weighted by Gasteiger charge is 2.45. The number of carbonyl (C=O) groups excluding carboxylic acids is 2. The number of aromatic nitrogens is 1. The van der Waals surface area contributed by atoms with Gasteiger partial charge in [-0.15, -0.1) is 0 Å². The second kappa shape index (κ2) is 8.65. The van der Waals surface area contributed by atoms with E-state index in [1.54, 1.807) is 60.9 Å². The predicted molar refractivity (Wildman–Crippen MR) is 116 cm³/mol. The van der Waals surface area contributed by atoms with Gasteiger partial charge in [-0.2, -0.15) is 0 Å². The number of hydrogen-bond acceptors (Lipinski definition) is 4. The Hall–Kier alpha value is -3.58. The first-order valence-corrected chi connectivity index (χ1v) is 10.1. The molecular weight excluding hydrogens is 395 g/mol. The molecule has 2 aromatic carbocycles. The highest BCUT2D eigenvalue weighted by atomic mass is 19.1. The molecule has 1 saturated carbocycles. The van der Waals surface area contributed by atoms with E-state index < -0.39 is 11.6 Å². The zero-order chi connectivity index (χ0) is 21.8. The van der Waals surface area contributed by atoms with Gasteiger partial charge in [0.25, 0.3) is 5.91 Å². The quantitative estimate of drug-likeness (QED) is 0.545. The van der Waals surface area contributed by atoms with Crippen molar-refractivity contribution in [2.45, 2.75) is 30.8 Å². The van der Waals surface area contributed by atoms with E-state index in [9.17, 15) is 14.0 Å². The summed E-state index contributed by atoms with van der Waals surface area (Å²) in [6.07, 6.45) is 4.96. The Morgan fingerprint density at radius 3 is 2.26 bits per heavy atom. The number of nitrogens with zero attached hydrogens (tertiary/aromatic N) is 1. The fraction of sp³-hybridized carbons (Fsp3) is 0.208. The Bertz CT molecular complexity index is 1060.